The highest BCUT2D eigenvalue weighted by Crippen LogP contribution is 2.43. The maximum Gasteiger partial charge on any atom is 0.350 e. The zero-order valence-corrected chi connectivity index (χ0v) is 24.8. The minimum atomic E-state index is -1.77. The Morgan fingerprint density at radius 2 is 2.00 bits per heavy atom. The number of carboxylic acid groups (broad SMARTS) is 2. The molecule has 2 aliphatic rings. The van der Waals surface area contributed by atoms with E-state index in [0.29, 0.717) is 11.0 Å². The summed E-state index contributed by atoms with van der Waals surface area (Å²) in [5, 5.41) is 46.3. The second kappa shape index (κ2) is 11.3. The zero-order chi connectivity index (χ0) is 32.0. The van der Waals surface area contributed by atoms with E-state index >= 15 is 0 Å². The van der Waals surface area contributed by atoms with E-state index in [0.717, 1.165) is 11.3 Å². The molecule has 2 fully saturated rings. The van der Waals surface area contributed by atoms with Crippen LogP contribution >= 0.6 is 23.1 Å². The first-order valence-corrected chi connectivity index (χ1v) is 14.9. The van der Waals surface area contributed by atoms with Crippen LogP contribution in [0.1, 0.15) is 19.5 Å². The number of nitrogens with one attached hydrogen (secondary N) is 1. The fourth-order valence-electron chi connectivity index (χ4n) is 4.53. The van der Waals surface area contributed by atoms with Crippen molar-refractivity contribution in [1.82, 2.24) is 24.8 Å². The standard InChI is InChI=1S/C26H27N7O9S2/c1-25(2,22(38)39)42-31-17(13-8-43-24(27)29-13)19(36)30-18-20(37)33-9-26(23(40)41,10-44-21(18)33)4-3-5-32-11-28-12-6-15(34)16(35)7-14(12)32/h3-4,6-8,11,18,21,34-35H,5,9-10H2,1-2H3,(H2,27,29)(H,30,36)(H,38,39)(H,40,41)/t18?,21-,26?/m1/s1. The number of aromatic nitrogens is 3. The van der Waals surface area contributed by atoms with Gasteiger partial charge in [0.25, 0.3) is 5.91 Å². The summed E-state index contributed by atoms with van der Waals surface area (Å²) < 4.78 is 1.66. The molecule has 16 nitrogen and oxygen atoms in total. The number of thiazole rings is 1. The number of aliphatic carboxylic acids is 2. The summed E-state index contributed by atoms with van der Waals surface area (Å²) >= 11 is 2.21. The van der Waals surface area contributed by atoms with Gasteiger partial charge in [-0.15, -0.1) is 23.1 Å². The van der Waals surface area contributed by atoms with Crippen LogP contribution < -0.4 is 11.1 Å². The number of carbonyl (C=O) groups excluding carboxylic acids is 2. The number of carbonyl (C=O) groups is 4. The first-order chi connectivity index (χ1) is 20.7. The number of nitrogen functional groups attached to an aromatic ring is 1. The summed E-state index contributed by atoms with van der Waals surface area (Å²) in [7, 11) is 0. The molecule has 2 amide bonds. The maximum absolute atomic E-state index is 13.2. The molecule has 0 bridgehead atoms. The normalized spacial score (nSPS) is 22.1. The van der Waals surface area contributed by atoms with Crippen molar-refractivity contribution in [3.63, 3.8) is 0 Å². The van der Waals surface area contributed by atoms with Crippen molar-refractivity contribution in [2.75, 3.05) is 18.0 Å². The second-order valence-electron chi connectivity index (χ2n) is 10.6. The summed E-state index contributed by atoms with van der Waals surface area (Å²) in [6, 6.07) is 1.67. The summed E-state index contributed by atoms with van der Waals surface area (Å²) in [6.45, 7) is 2.56. The lowest BCUT2D eigenvalue weighted by Gasteiger charge is -2.53. The first-order valence-electron chi connectivity index (χ1n) is 12.9. The van der Waals surface area contributed by atoms with Crippen LogP contribution in [0, 0.1) is 5.41 Å². The number of phenols is 2. The molecular formula is C26H27N7O9S2. The van der Waals surface area contributed by atoms with Gasteiger partial charge in [0, 0.05) is 36.4 Å². The lowest BCUT2D eigenvalue weighted by atomic mass is 9.86. The molecule has 2 aromatic heterocycles. The van der Waals surface area contributed by atoms with Crippen LogP contribution in [0.15, 0.2) is 41.1 Å². The van der Waals surface area contributed by atoms with E-state index in [4.69, 9.17) is 10.6 Å². The number of hydrogen-bond donors (Lipinski definition) is 6. The summed E-state index contributed by atoms with van der Waals surface area (Å²) in [6.07, 6.45) is 4.64. The fraction of sp³-hybridized carbons (Fsp3) is 0.346. The van der Waals surface area contributed by atoms with Crippen molar-refractivity contribution in [1.29, 1.82) is 0 Å². The third-order valence-electron chi connectivity index (χ3n) is 7.13. The number of thioether (sulfide) groups is 1. The number of allylic oxidation sites excluding steroid dienone is 1. The third-order valence-corrected chi connectivity index (χ3v) is 9.36. The van der Waals surface area contributed by atoms with E-state index in [1.807, 2.05) is 0 Å². The van der Waals surface area contributed by atoms with Gasteiger partial charge in [0.15, 0.2) is 22.3 Å². The molecule has 44 heavy (non-hydrogen) atoms. The lowest BCUT2D eigenvalue weighted by Crippen LogP contribution is -2.73. The average molecular weight is 646 g/mol. The lowest BCUT2D eigenvalue weighted by molar-refractivity contribution is -0.161. The van der Waals surface area contributed by atoms with E-state index in [-0.39, 0.29) is 46.9 Å². The van der Waals surface area contributed by atoms with Gasteiger partial charge >= 0.3 is 11.9 Å². The molecule has 18 heteroatoms. The van der Waals surface area contributed by atoms with Crippen LogP contribution in [0.5, 0.6) is 11.5 Å². The third kappa shape index (κ3) is 5.60. The Bertz CT molecular complexity index is 1730. The fourth-order valence-corrected chi connectivity index (χ4v) is 6.59. The highest BCUT2D eigenvalue weighted by Gasteiger charge is 2.57. The van der Waals surface area contributed by atoms with E-state index in [1.165, 1.54) is 60.4 Å². The molecule has 0 radical (unpaired) electrons. The Kier molecular flexibility index (Phi) is 7.89. The van der Waals surface area contributed by atoms with Crippen molar-refractivity contribution >= 4 is 68.7 Å². The van der Waals surface area contributed by atoms with Crippen LogP contribution in [-0.2, 0) is 30.6 Å². The number of rotatable bonds is 10. The largest absolute Gasteiger partial charge is 0.504 e. The number of fused-ring (bicyclic) bond motifs is 2. The number of imidazole rings is 1. The number of amides is 2. The molecule has 7 N–H and O–H groups in total. The Morgan fingerprint density at radius 3 is 2.66 bits per heavy atom. The van der Waals surface area contributed by atoms with Crippen molar-refractivity contribution < 1.29 is 44.4 Å². The second-order valence-corrected chi connectivity index (χ2v) is 12.6. The highest BCUT2D eigenvalue weighted by atomic mass is 32.2. The minimum absolute atomic E-state index is 0.0267. The zero-order valence-electron chi connectivity index (χ0n) is 23.2. The van der Waals surface area contributed by atoms with E-state index in [9.17, 15) is 39.6 Å². The van der Waals surface area contributed by atoms with Crippen LogP contribution in [0.25, 0.3) is 11.0 Å². The van der Waals surface area contributed by atoms with Gasteiger partial charge in [-0.1, -0.05) is 17.3 Å². The number of oxime groups is 1. The first kappa shape index (κ1) is 30.6. The number of nitrogens with two attached hydrogens (primary N) is 1. The monoisotopic (exact) mass is 645 g/mol. The van der Waals surface area contributed by atoms with Crippen molar-refractivity contribution in [3.05, 3.63) is 41.7 Å². The smallest absolute Gasteiger partial charge is 0.350 e. The number of aromatic hydroxyl groups is 2. The molecule has 2 unspecified atom stereocenters. The van der Waals surface area contributed by atoms with Gasteiger partial charge in [0.2, 0.25) is 11.5 Å². The van der Waals surface area contributed by atoms with Crippen molar-refractivity contribution in [3.8, 4) is 11.5 Å². The van der Waals surface area contributed by atoms with Crippen LogP contribution in [0.3, 0.4) is 0 Å². The molecule has 3 atom stereocenters. The molecule has 0 spiro atoms. The average Bonchev–Trinajstić information content (AvgIpc) is 3.57. The Hall–Kier alpha value is -4.84. The van der Waals surface area contributed by atoms with E-state index in [1.54, 1.807) is 10.6 Å². The van der Waals surface area contributed by atoms with Gasteiger partial charge in [-0.3, -0.25) is 14.4 Å². The van der Waals surface area contributed by atoms with Crippen molar-refractivity contribution in [2.24, 2.45) is 10.6 Å². The van der Waals surface area contributed by atoms with E-state index in [2.05, 4.69) is 20.4 Å². The molecule has 4 heterocycles. The molecule has 5 rings (SSSR count). The number of phenolic OH excluding ortho intramolecular Hbond substituents is 2. The Balaban J connectivity index is 1.28. The van der Waals surface area contributed by atoms with Crippen LogP contribution in [0.2, 0.25) is 0 Å². The molecule has 3 aromatic rings. The van der Waals surface area contributed by atoms with Gasteiger partial charge < -0.3 is 45.8 Å². The van der Waals surface area contributed by atoms with Crippen LogP contribution in [-0.4, -0.2) is 98.6 Å². The molecule has 2 saturated heterocycles. The summed E-state index contributed by atoms with van der Waals surface area (Å²) in [5.74, 6) is -4.34. The molecule has 2 aliphatic heterocycles. The molecular weight excluding hydrogens is 618 g/mol. The molecule has 0 saturated carbocycles. The van der Waals surface area contributed by atoms with Crippen LogP contribution in [0.4, 0.5) is 5.13 Å². The Labute approximate surface area is 256 Å². The number of β-lactam (4-membered cyclic amide) rings is 1. The minimum Gasteiger partial charge on any atom is -0.504 e. The summed E-state index contributed by atoms with van der Waals surface area (Å²) in [4.78, 5) is 64.8. The van der Waals surface area contributed by atoms with Gasteiger partial charge in [-0.25, -0.2) is 14.8 Å². The highest BCUT2D eigenvalue weighted by molar-refractivity contribution is 8.00. The Morgan fingerprint density at radius 1 is 1.27 bits per heavy atom. The topological polar surface area (TPSA) is 243 Å². The SMILES string of the molecule is CC(C)(ON=C(C(=O)NC1C(=O)N2CC(C=CCn3cnc4cc(O)c(O)cc43)(C(=O)O)CS[C@H]12)c1csc(N)n1)C(=O)O. The van der Waals surface area contributed by atoms with E-state index < -0.39 is 46.2 Å². The maximum atomic E-state index is 13.2. The number of nitrogens with zero attached hydrogens (tertiary/aromatic N) is 5. The number of benzene rings is 1. The van der Waals surface area contributed by atoms with Gasteiger partial charge in [0.05, 0.1) is 17.4 Å². The van der Waals surface area contributed by atoms with Gasteiger partial charge in [-0.05, 0) is 13.8 Å². The predicted molar refractivity (Wildman–Crippen MR) is 158 cm³/mol. The molecule has 232 valence electrons. The van der Waals surface area contributed by atoms with Gasteiger partial charge in [-0.2, -0.15) is 0 Å². The van der Waals surface area contributed by atoms with Gasteiger partial charge in [0.1, 0.15) is 22.5 Å². The molecule has 0 aliphatic carbocycles. The quantitative estimate of drug-likeness (QED) is 0.0588. The summed E-state index contributed by atoms with van der Waals surface area (Å²) in [5.41, 5.74) is 3.14. The number of anilines is 1. The van der Waals surface area contributed by atoms with Crippen molar-refractivity contribution in [2.45, 2.75) is 37.4 Å². The number of carboxylic acids is 2. The molecule has 1 aromatic carbocycles. The number of hydrogen-bond acceptors (Lipinski definition) is 13. The predicted octanol–water partition coefficient (Wildman–Crippen LogP) is 0.797.